The quantitative estimate of drug-likeness (QED) is 0.845. The van der Waals surface area contributed by atoms with E-state index in [9.17, 15) is 4.79 Å². The molecule has 0 radical (unpaired) electrons. The smallest absolute Gasteiger partial charge is 0.225 e. The molecule has 0 atom stereocenters. The van der Waals surface area contributed by atoms with Crippen LogP contribution in [0.1, 0.15) is 37.8 Å². The number of hydrogen-bond acceptors (Lipinski definition) is 5. The first-order valence-corrected chi connectivity index (χ1v) is 9.61. The minimum atomic E-state index is 0.256. The van der Waals surface area contributed by atoms with Gasteiger partial charge in [0.2, 0.25) is 5.91 Å². The van der Waals surface area contributed by atoms with Gasteiger partial charge in [0, 0.05) is 38.3 Å². The predicted molar refractivity (Wildman–Crippen MR) is 99.3 cm³/mol. The van der Waals surface area contributed by atoms with Gasteiger partial charge in [-0.05, 0) is 38.0 Å². The first kappa shape index (κ1) is 17.0. The van der Waals surface area contributed by atoms with Gasteiger partial charge in [0.05, 0.1) is 5.69 Å². The fourth-order valence-corrected chi connectivity index (χ4v) is 3.92. The lowest BCUT2D eigenvalue weighted by atomic mass is 9.88. The van der Waals surface area contributed by atoms with Crippen LogP contribution in [-0.4, -0.2) is 57.0 Å². The van der Waals surface area contributed by atoms with Gasteiger partial charge in [-0.3, -0.25) is 4.79 Å². The highest BCUT2D eigenvalue weighted by Crippen LogP contribution is 2.26. The van der Waals surface area contributed by atoms with Crippen molar-refractivity contribution in [3.8, 4) is 5.82 Å². The molecule has 0 N–H and O–H groups in total. The van der Waals surface area contributed by atoms with E-state index in [1.165, 1.54) is 19.3 Å². The van der Waals surface area contributed by atoms with Crippen LogP contribution in [0.15, 0.2) is 24.4 Å². The highest BCUT2D eigenvalue weighted by molar-refractivity contribution is 5.79. The van der Waals surface area contributed by atoms with Crippen LogP contribution in [0.5, 0.6) is 0 Å². The molecule has 0 unspecified atom stereocenters. The summed E-state index contributed by atoms with van der Waals surface area (Å²) in [4.78, 5) is 16.9. The molecule has 3 heterocycles. The number of aryl methyl sites for hydroxylation is 1. The van der Waals surface area contributed by atoms with E-state index in [0.717, 1.165) is 50.5 Å². The first-order valence-electron chi connectivity index (χ1n) is 9.61. The summed E-state index contributed by atoms with van der Waals surface area (Å²) in [7, 11) is 0. The van der Waals surface area contributed by atoms with E-state index in [1.54, 1.807) is 4.68 Å². The molecule has 1 amide bonds. The van der Waals surface area contributed by atoms with E-state index >= 15 is 0 Å². The maximum atomic E-state index is 12.7. The molecular weight excluding hydrogens is 328 g/mol. The van der Waals surface area contributed by atoms with Crippen LogP contribution >= 0.6 is 0 Å². The Bertz CT molecular complexity index is 742. The van der Waals surface area contributed by atoms with Gasteiger partial charge in [0.15, 0.2) is 11.6 Å². The number of amides is 1. The average molecular weight is 354 g/mol. The van der Waals surface area contributed by atoms with Crippen LogP contribution < -0.4 is 4.90 Å². The molecule has 2 aromatic rings. The van der Waals surface area contributed by atoms with Crippen molar-refractivity contribution >= 4 is 11.7 Å². The number of anilines is 1. The van der Waals surface area contributed by atoms with Crippen LogP contribution in [0.2, 0.25) is 0 Å². The van der Waals surface area contributed by atoms with Crippen molar-refractivity contribution in [2.75, 3.05) is 31.1 Å². The van der Waals surface area contributed by atoms with E-state index in [0.29, 0.717) is 11.7 Å². The number of piperazine rings is 1. The molecule has 2 aromatic heterocycles. The van der Waals surface area contributed by atoms with Gasteiger partial charge >= 0.3 is 0 Å². The van der Waals surface area contributed by atoms with Gasteiger partial charge in [-0.2, -0.15) is 5.10 Å². The number of aromatic nitrogens is 4. The Morgan fingerprint density at radius 2 is 1.65 bits per heavy atom. The van der Waals surface area contributed by atoms with Crippen molar-refractivity contribution in [2.24, 2.45) is 5.92 Å². The molecule has 2 aliphatic rings. The van der Waals surface area contributed by atoms with Crippen molar-refractivity contribution in [1.29, 1.82) is 0 Å². The molecule has 1 aliphatic carbocycles. The number of nitrogens with zero attached hydrogens (tertiary/aromatic N) is 6. The second kappa shape index (κ2) is 7.43. The number of carbonyl (C=O) groups excluding carboxylic acids is 1. The van der Waals surface area contributed by atoms with Crippen LogP contribution in [0.4, 0.5) is 5.82 Å². The number of rotatable bonds is 3. The van der Waals surface area contributed by atoms with Gasteiger partial charge in [-0.25, -0.2) is 4.68 Å². The Balaban J connectivity index is 1.35. The molecule has 1 aliphatic heterocycles. The predicted octanol–water partition coefficient (Wildman–Crippen LogP) is 2.20. The monoisotopic (exact) mass is 354 g/mol. The van der Waals surface area contributed by atoms with E-state index in [1.807, 2.05) is 36.2 Å². The van der Waals surface area contributed by atoms with E-state index in [-0.39, 0.29) is 5.92 Å². The highest BCUT2D eigenvalue weighted by atomic mass is 16.2. The standard InChI is InChI=1S/C19H26N6O/c1-15-9-10-25(22-15)18-8-7-17(20-21-18)23-11-13-24(14-12-23)19(26)16-5-3-2-4-6-16/h7-10,16H,2-6,11-14H2,1H3. The van der Waals surface area contributed by atoms with Crippen molar-refractivity contribution in [3.63, 3.8) is 0 Å². The molecule has 138 valence electrons. The normalized spacial score (nSPS) is 19.0. The molecule has 7 nitrogen and oxygen atoms in total. The van der Waals surface area contributed by atoms with Gasteiger partial charge in [0.1, 0.15) is 0 Å². The second-order valence-electron chi connectivity index (χ2n) is 7.30. The van der Waals surface area contributed by atoms with Crippen LogP contribution in [0.25, 0.3) is 5.82 Å². The summed E-state index contributed by atoms with van der Waals surface area (Å²) in [5, 5.41) is 13.0. The zero-order valence-electron chi connectivity index (χ0n) is 15.3. The lowest BCUT2D eigenvalue weighted by Gasteiger charge is -2.37. The Hall–Kier alpha value is -2.44. The second-order valence-corrected chi connectivity index (χ2v) is 7.30. The topological polar surface area (TPSA) is 67.2 Å². The van der Waals surface area contributed by atoms with Crippen molar-refractivity contribution in [2.45, 2.75) is 39.0 Å². The fourth-order valence-electron chi connectivity index (χ4n) is 3.92. The molecular formula is C19H26N6O. The van der Waals surface area contributed by atoms with Gasteiger partial charge < -0.3 is 9.80 Å². The van der Waals surface area contributed by atoms with Crippen LogP contribution in [0, 0.1) is 12.8 Å². The van der Waals surface area contributed by atoms with Crippen molar-refractivity contribution in [3.05, 3.63) is 30.1 Å². The number of hydrogen-bond donors (Lipinski definition) is 0. The SMILES string of the molecule is Cc1ccn(-c2ccc(N3CCN(C(=O)C4CCCCC4)CC3)nn2)n1. The summed E-state index contributed by atoms with van der Waals surface area (Å²) in [5.74, 6) is 2.20. The maximum Gasteiger partial charge on any atom is 0.225 e. The third-order valence-electron chi connectivity index (χ3n) is 5.46. The maximum absolute atomic E-state index is 12.7. The van der Waals surface area contributed by atoms with Gasteiger partial charge in [-0.1, -0.05) is 19.3 Å². The van der Waals surface area contributed by atoms with Crippen molar-refractivity contribution < 1.29 is 4.79 Å². The largest absolute Gasteiger partial charge is 0.352 e. The molecule has 0 aromatic carbocycles. The summed E-state index contributed by atoms with van der Waals surface area (Å²) in [5.41, 5.74) is 0.953. The lowest BCUT2D eigenvalue weighted by molar-refractivity contribution is -0.136. The molecule has 2 fully saturated rings. The minimum Gasteiger partial charge on any atom is -0.352 e. The third-order valence-corrected chi connectivity index (χ3v) is 5.46. The number of carbonyl (C=O) groups is 1. The Morgan fingerprint density at radius 1 is 0.962 bits per heavy atom. The first-order chi connectivity index (χ1) is 12.7. The summed E-state index contributed by atoms with van der Waals surface area (Å²) >= 11 is 0. The van der Waals surface area contributed by atoms with Crippen LogP contribution in [0.3, 0.4) is 0 Å². The average Bonchev–Trinajstić information content (AvgIpc) is 3.15. The molecule has 7 heteroatoms. The zero-order valence-corrected chi connectivity index (χ0v) is 15.3. The van der Waals surface area contributed by atoms with E-state index in [4.69, 9.17) is 0 Å². The fraction of sp³-hybridized carbons (Fsp3) is 0.579. The van der Waals surface area contributed by atoms with Crippen molar-refractivity contribution in [1.82, 2.24) is 24.9 Å². The van der Waals surface area contributed by atoms with E-state index < -0.39 is 0 Å². The molecule has 0 spiro atoms. The Labute approximate surface area is 154 Å². The molecule has 0 bridgehead atoms. The Morgan fingerprint density at radius 3 is 2.27 bits per heavy atom. The molecule has 4 rings (SSSR count). The highest BCUT2D eigenvalue weighted by Gasteiger charge is 2.28. The molecule has 26 heavy (non-hydrogen) atoms. The lowest BCUT2D eigenvalue weighted by Crippen LogP contribution is -2.50. The summed E-state index contributed by atoms with van der Waals surface area (Å²) in [6, 6.07) is 5.87. The molecule has 1 saturated carbocycles. The van der Waals surface area contributed by atoms with Gasteiger partial charge in [-0.15, -0.1) is 10.2 Å². The molecule has 1 saturated heterocycles. The Kier molecular flexibility index (Phi) is 4.86. The van der Waals surface area contributed by atoms with Gasteiger partial charge in [0.25, 0.3) is 0 Å². The van der Waals surface area contributed by atoms with E-state index in [2.05, 4.69) is 20.2 Å². The summed E-state index contributed by atoms with van der Waals surface area (Å²) in [6.45, 7) is 5.13. The summed E-state index contributed by atoms with van der Waals surface area (Å²) < 4.78 is 1.73. The minimum absolute atomic E-state index is 0.256. The zero-order chi connectivity index (χ0) is 17.9. The van der Waals surface area contributed by atoms with Crippen LogP contribution in [-0.2, 0) is 4.79 Å². The summed E-state index contributed by atoms with van der Waals surface area (Å²) in [6.07, 6.45) is 7.71. The third kappa shape index (κ3) is 3.57.